The monoisotopic (exact) mass is 256 g/mol. The van der Waals surface area contributed by atoms with Crippen molar-refractivity contribution in [3.63, 3.8) is 0 Å². The van der Waals surface area contributed by atoms with E-state index < -0.39 is 0 Å². The van der Waals surface area contributed by atoms with Crippen molar-refractivity contribution in [1.29, 1.82) is 0 Å². The van der Waals surface area contributed by atoms with Gasteiger partial charge in [-0.2, -0.15) is 0 Å². The van der Waals surface area contributed by atoms with E-state index in [9.17, 15) is 9.59 Å². The fourth-order valence-electron chi connectivity index (χ4n) is 2.19. The second kappa shape index (κ2) is 4.01. The summed E-state index contributed by atoms with van der Waals surface area (Å²) in [4.78, 5) is 26.1. The molecule has 6 nitrogen and oxygen atoms in total. The number of carbonyl (C=O) groups excluding carboxylic acids is 1. The molecular weight excluding hydrogens is 244 g/mol. The largest absolute Gasteiger partial charge is 0.334 e. The van der Waals surface area contributed by atoms with Crippen LogP contribution in [0.15, 0.2) is 29.1 Å². The molecule has 0 aliphatic carbocycles. The Morgan fingerprint density at radius 2 is 1.89 bits per heavy atom. The van der Waals surface area contributed by atoms with Crippen LogP contribution in [0.25, 0.3) is 5.69 Å². The van der Waals surface area contributed by atoms with Crippen molar-refractivity contribution < 1.29 is 4.79 Å². The zero-order valence-corrected chi connectivity index (χ0v) is 10.6. The third kappa shape index (κ3) is 1.64. The number of nitrogens with zero attached hydrogens (tertiary/aromatic N) is 4. The Balaban J connectivity index is 2.43. The molecule has 2 heterocycles. The van der Waals surface area contributed by atoms with Gasteiger partial charge in [0.25, 0.3) is 11.5 Å². The number of para-hydroxylation sites is 1. The maximum Gasteiger partial charge on any atom is 0.279 e. The molecule has 0 saturated carbocycles. The number of aromatic nitrogens is 3. The van der Waals surface area contributed by atoms with Gasteiger partial charge in [-0.05, 0) is 19.1 Å². The predicted octanol–water partition coefficient (Wildman–Crippen LogP) is 0.522. The predicted molar refractivity (Wildman–Crippen MR) is 68.2 cm³/mol. The highest BCUT2D eigenvalue weighted by molar-refractivity contribution is 5.98. The van der Waals surface area contributed by atoms with Gasteiger partial charge in [-0.15, -0.1) is 10.2 Å². The van der Waals surface area contributed by atoms with Crippen LogP contribution in [-0.4, -0.2) is 32.6 Å². The number of aryl methyl sites for hydroxylation is 1. The lowest BCUT2D eigenvalue weighted by Crippen LogP contribution is -2.28. The van der Waals surface area contributed by atoms with Gasteiger partial charge < -0.3 is 4.90 Å². The molecule has 0 saturated heterocycles. The molecule has 0 atom stereocenters. The number of amides is 1. The van der Waals surface area contributed by atoms with Crippen molar-refractivity contribution in [1.82, 2.24) is 19.7 Å². The number of hydrogen-bond acceptors (Lipinski definition) is 4. The average molecular weight is 256 g/mol. The fraction of sp³-hybridized carbons (Fsp3) is 0.231. The molecule has 19 heavy (non-hydrogen) atoms. The number of benzene rings is 1. The zero-order valence-electron chi connectivity index (χ0n) is 10.6. The summed E-state index contributed by atoms with van der Waals surface area (Å²) in [6, 6.07) is 7.04. The third-order valence-electron chi connectivity index (χ3n) is 3.19. The highest BCUT2D eigenvalue weighted by Gasteiger charge is 2.25. The average Bonchev–Trinajstić information content (AvgIpc) is 2.52. The van der Waals surface area contributed by atoms with Gasteiger partial charge in [-0.25, -0.2) is 0 Å². The molecule has 1 aromatic heterocycles. The minimum atomic E-state index is -0.236. The van der Waals surface area contributed by atoms with Crippen molar-refractivity contribution in [2.45, 2.75) is 13.5 Å². The highest BCUT2D eigenvalue weighted by Crippen LogP contribution is 2.20. The number of carbonyl (C=O) groups is 1. The van der Waals surface area contributed by atoms with E-state index in [1.54, 1.807) is 38.2 Å². The van der Waals surface area contributed by atoms with E-state index in [-0.39, 0.29) is 18.0 Å². The Morgan fingerprint density at radius 3 is 2.68 bits per heavy atom. The van der Waals surface area contributed by atoms with Gasteiger partial charge in [0, 0.05) is 7.05 Å². The van der Waals surface area contributed by atoms with E-state index in [0.717, 1.165) is 0 Å². The second-order valence-electron chi connectivity index (χ2n) is 4.52. The van der Waals surface area contributed by atoms with Crippen LogP contribution in [0, 0.1) is 6.92 Å². The molecule has 0 unspecified atom stereocenters. The van der Waals surface area contributed by atoms with Gasteiger partial charge in [-0.1, -0.05) is 12.1 Å². The SMILES string of the molecule is Cc1nnc2n(c1=O)-c1ccccc1C(=O)N(C)C2. The van der Waals surface area contributed by atoms with Crippen LogP contribution < -0.4 is 5.56 Å². The third-order valence-corrected chi connectivity index (χ3v) is 3.19. The van der Waals surface area contributed by atoms with Gasteiger partial charge in [-0.3, -0.25) is 14.2 Å². The lowest BCUT2D eigenvalue weighted by Gasteiger charge is -2.13. The van der Waals surface area contributed by atoms with E-state index >= 15 is 0 Å². The Hall–Kier alpha value is -2.50. The molecule has 0 radical (unpaired) electrons. The summed E-state index contributed by atoms with van der Waals surface area (Å²) in [5.41, 5.74) is 1.14. The maximum absolute atomic E-state index is 12.3. The molecule has 6 heteroatoms. The summed E-state index contributed by atoms with van der Waals surface area (Å²) in [6.45, 7) is 1.87. The first-order chi connectivity index (χ1) is 9.09. The van der Waals surface area contributed by atoms with Gasteiger partial charge >= 0.3 is 0 Å². The van der Waals surface area contributed by atoms with Crippen molar-refractivity contribution >= 4 is 5.91 Å². The molecule has 0 fully saturated rings. The van der Waals surface area contributed by atoms with Crippen LogP contribution in [0.3, 0.4) is 0 Å². The fourth-order valence-corrected chi connectivity index (χ4v) is 2.19. The standard InChI is InChI=1S/C13H12N4O2/c1-8-12(18)17-10-6-4-3-5-9(10)13(19)16(2)7-11(17)15-14-8/h3-6H,7H2,1-2H3. The minimum absolute atomic E-state index is 0.127. The zero-order chi connectivity index (χ0) is 13.6. The van der Waals surface area contributed by atoms with E-state index in [4.69, 9.17) is 0 Å². The molecule has 3 rings (SSSR count). The molecule has 2 aromatic rings. The van der Waals surface area contributed by atoms with E-state index in [0.29, 0.717) is 22.8 Å². The number of rotatable bonds is 0. The Bertz CT molecular complexity index is 736. The van der Waals surface area contributed by atoms with Crippen LogP contribution in [0.5, 0.6) is 0 Å². The lowest BCUT2D eigenvalue weighted by molar-refractivity contribution is 0.0786. The summed E-state index contributed by atoms with van der Waals surface area (Å²) in [6.07, 6.45) is 0. The topological polar surface area (TPSA) is 68.1 Å². The van der Waals surface area contributed by atoms with Gasteiger partial charge in [0.15, 0.2) is 5.82 Å². The molecule has 1 aromatic carbocycles. The minimum Gasteiger partial charge on any atom is -0.334 e. The highest BCUT2D eigenvalue weighted by atomic mass is 16.2. The van der Waals surface area contributed by atoms with Gasteiger partial charge in [0.2, 0.25) is 0 Å². The van der Waals surface area contributed by atoms with Crippen LogP contribution in [0.1, 0.15) is 21.9 Å². The first kappa shape index (κ1) is 11.6. The van der Waals surface area contributed by atoms with Crippen molar-refractivity contribution in [2.24, 2.45) is 0 Å². The maximum atomic E-state index is 12.3. The molecule has 96 valence electrons. The van der Waals surface area contributed by atoms with Gasteiger partial charge in [0.05, 0.1) is 17.8 Å². The van der Waals surface area contributed by atoms with Crippen molar-refractivity contribution in [2.75, 3.05) is 7.05 Å². The van der Waals surface area contributed by atoms with E-state index in [1.807, 2.05) is 0 Å². The van der Waals surface area contributed by atoms with Crippen molar-refractivity contribution in [3.8, 4) is 5.69 Å². The van der Waals surface area contributed by atoms with Crippen molar-refractivity contribution in [3.05, 3.63) is 51.7 Å². The van der Waals surface area contributed by atoms with Crippen LogP contribution in [0.4, 0.5) is 0 Å². The lowest BCUT2D eigenvalue weighted by atomic mass is 10.1. The summed E-state index contributed by atoms with van der Waals surface area (Å²) in [7, 11) is 1.68. The second-order valence-corrected chi connectivity index (χ2v) is 4.52. The van der Waals surface area contributed by atoms with Crippen LogP contribution >= 0.6 is 0 Å². The Kier molecular flexibility index (Phi) is 2.45. The molecule has 1 aliphatic rings. The number of fused-ring (bicyclic) bond motifs is 3. The Labute approximate surface area is 109 Å². The molecule has 1 amide bonds. The quantitative estimate of drug-likeness (QED) is 0.689. The van der Waals surface area contributed by atoms with E-state index in [2.05, 4.69) is 10.2 Å². The summed E-state index contributed by atoms with van der Waals surface area (Å²) in [5, 5.41) is 7.89. The molecule has 0 N–H and O–H groups in total. The smallest absolute Gasteiger partial charge is 0.279 e. The van der Waals surface area contributed by atoms with Crippen LogP contribution in [-0.2, 0) is 6.54 Å². The van der Waals surface area contributed by atoms with Crippen LogP contribution in [0.2, 0.25) is 0 Å². The summed E-state index contributed by atoms with van der Waals surface area (Å²) >= 11 is 0. The molecular formula is C13H12N4O2. The van der Waals surface area contributed by atoms with E-state index in [1.165, 1.54) is 9.47 Å². The molecule has 0 spiro atoms. The summed E-state index contributed by atoms with van der Waals surface area (Å²) in [5.74, 6) is 0.342. The normalized spacial score (nSPS) is 13.8. The molecule has 1 aliphatic heterocycles. The van der Waals surface area contributed by atoms with Gasteiger partial charge in [0.1, 0.15) is 5.69 Å². The Morgan fingerprint density at radius 1 is 1.16 bits per heavy atom. The summed E-state index contributed by atoms with van der Waals surface area (Å²) < 4.78 is 1.47. The first-order valence-corrected chi connectivity index (χ1v) is 5.89. The number of hydrogen-bond donors (Lipinski definition) is 0. The molecule has 0 bridgehead atoms. The first-order valence-electron chi connectivity index (χ1n) is 5.89.